The van der Waals surface area contributed by atoms with Crippen LogP contribution < -0.4 is 9.62 Å². The van der Waals surface area contributed by atoms with E-state index in [0.29, 0.717) is 12.8 Å². The lowest BCUT2D eigenvalue weighted by Gasteiger charge is -2.33. The summed E-state index contributed by atoms with van der Waals surface area (Å²) in [6, 6.07) is 13.4. The van der Waals surface area contributed by atoms with Crippen molar-refractivity contribution in [2.45, 2.75) is 52.1 Å². The van der Waals surface area contributed by atoms with Gasteiger partial charge in [-0.2, -0.15) is 0 Å². The number of carbonyl (C=O) groups excluding carboxylic acids is 2. The molecule has 0 aliphatic carbocycles. The highest BCUT2D eigenvalue weighted by atomic mass is 35.5. The number of hydrogen-bond acceptors (Lipinski definition) is 4. The Morgan fingerprint density at radius 2 is 1.66 bits per heavy atom. The van der Waals surface area contributed by atoms with Crippen LogP contribution in [0.15, 0.2) is 48.5 Å². The van der Waals surface area contributed by atoms with Crippen LogP contribution in [0.1, 0.15) is 39.2 Å². The Hall–Kier alpha value is -2.29. The lowest BCUT2D eigenvalue weighted by Crippen LogP contribution is -2.54. The molecule has 2 amide bonds. The van der Waals surface area contributed by atoms with Gasteiger partial charge in [0, 0.05) is 12.6 Å². The van der Waals surface area contributed by atoms with E-state index >= 15 is 0 Å². The van der Waals surface area contributed by atoms with Crippen LogP contribution in [0.25, 0.3) is 0 Å². The van der Waals surface area contributed by atoms with E-state index in [9.17, 15) is 18.0 Å². The quantitative estimate of drug-likeness (QED) is 0.427. The average molecular weight is 543 g/mol. The van der Waals surface area contributed by atoms with E-state index in [1.165, 1.54) is 17.0 Å². The summed E-state index contributed by atoms with van der Waals surface area (Å²) in [6.45, 7) is 5.42. The first-order valence-electron chi connectivity index (χ1n) is 11.5. The summed E-state index contributed by atoms with van der Waals surface area (Å²) in [4.78, 5) is 28.2. The van der Waals surface area contributed by atoms with E-state index in [1.54, 1.807) is 6.07 Å². The Balaban J connectivity index is 2.40. The van der Waals surface area contributed by atoms with Crippen molar-refractivity contribution in [1.82, 2.24) is 10.2 Å². The van der Waals surface area contributed by atoms with Crippen molar-refractivity contribution in [2.24, 2.45) is 0 Å². The molecule has 0 radical (unpaired) electrons. The maximum absolute atomic E-state index is 13.6. The van der Waals surface area contributed by atoms with Crippen LogP contribution in [0.5, 0.6) is 0 Å². The zero-order valence-corrected chi connectivity index (χ0v) is 22.8. The summed E-state index contributed by atoms with van der Waals surface area (Å²) >= 11 is 12.4. The molecule has 1 N–H and O–H groups in total. The first kappa shape index (κ1) is 28.9. The number of amides is 2. The van der Waals surface area contributed by atoms with Crippen molar-refractivity contribution in [2.75, 3.05) is 23.7 Å². The molecule has 0 aliphatic heterocycles. The molecule has 192 valence electrons. The van der Waals surface area contributed by atoms with Crippen LogP contribution in [0, 0.1) is 0 Å². The van der Waals surface area contributed by atoms with Crippen molar-refractivity contribution < 1.29 is 18.0 Å². The molecule has 2 aromatic rings. The Morgan fingerprint density at radius 1 is 1.00 bits per heavy atom. The lowest BCUT2D eigenvalue weighted by molar-refractivity contribution is -0.139. The average Bonchev–Trinajstić information content (AvgIpc) is 2.81. The summed E-state index contributed by atoms with van der Waals surface area (Å²) in [5.74, 6) is -0.775. The molecule has 0 heterocycles. The van der Waals surface area contributed by atoms with E-state index < -0.39 is 28.5 Å². The smallest absolute Gasteiger partial charge is 0.244 e. The second-order valence-electron chi connectivity index (χ2n) is 8.41. The largest absolute Gasteiger partial charge is 0.352 e. The molecule has 0 fully saturated rings. The second kappa shape index (κ2) is 13.1. The van der Waals surface area contributed by atoms with Crippen LogP contribution in [0.3, 0.4) is 0 Å². The van der Waals surface area contributed by atoms with Gasteiger partial charge in [0.05, 0.1) is 22.0 Å². The molecule has 7 nitrogen and oxygen atoms in total. The van der Waals surface area contributed by atoms with Gasteiger partial charge in [0.25, 0.3) is 0 Å². The third-order valence-corrected chi connectivity index (χ3v) is 7.69. The number of benzene rings is 2. The predicted octanol–water partition coefficient (Wildman–Crippen LogP) is 4.52. The standard InChI is InChI=1S/C25H33Cl2N3O4S/c1-5-18(3)28-25(32)21(6-2)29(16-15-19-11-8-7-9-12-19)23(31)17-30(35(4,33)34)22-14-10-13-20(26)24(22)27/h7-14,18,21H,5-6,15-17H2,1-4H3,(H,28,32)/t18-,21+/m0/s1. The fourth-order valence-corrected chi connectivity index (χ4v) is 4.92. The summed E-state index contributed by atoms with van der Waals surface area (Å²) in [5.41, 5.74) is 1.11. The van der Waals surface area contributed by atoms with Gasteiger partial charge in [0.2, 0.25) is 21.8 Å². The van der Waals surface area contributed by atoms with Gasteiger partial charge in [-0.05, 0) is 43.9 Å². The fraction of sp³-hybridized carbons (Fsp3) is 0.440. The molecule has 0 saturated carbocycles. The number of nitrogens with zero attached hydrogens (tertiary/aromatic N) is 2. The summed E-state index contributed by atoms with van der Waals surface area (Å²) in [7, 11) is -3.89. The van der Waals surface area contributed by atoms with E-state index in [2.05, 4.69) is 5.32 Å². The molecular weight excluding hydrogens is 509 g/mol. The van der Waals surface area contributed by atoms with Gasteiger partial charge in [0.15, 0.2) is 0 Å². The zero-order valence-electron chi connectivity index (χ0n) is 20.5. The minimum Gasteiger partial charge on any atom is -0.352 e. The number of rotatable bonds is 12. The highest BCUT2D eigenvalue weighted by Crippen LogP contribution is 2.33. The van der Waals surface area contributed by atoms with Crippen molar-refractivity contribution in [1.29, 1.82) is 0 Å². The van der Waals surface area contributed by atoms with Crippen molar-refractivity contribution in [3.63, 3.8) is 0 Å². The molecule has 0 spiro atoms. The molecule has 10 heteroatoms. The molecule has 35 heavy (non-hydrogen) atoms. The molecule has 2 aromatic carbocycles. The predicted molar refractivity (Wildman–Crippen MR) is 142 cm³/mol. The summed E-state index contributed by atoms with van der Waals surface area (Å²) in [6.07, 6.45) is 2.63. The number of halogens is 2. The topological polar surface area (TPSA) is 86.8 Å². The van der Waals surface area contributed by atoms with Gasteiger partial charge in [-0.1, -0.05) is 73.4 Å². The van der Waals surface area contributed by atoms with E-state index in [-0.39, 0.29) is 34.2 Å². The third-order valence-electron chi connectivity index (χ3n) is 5.75. The molecule has 0 aliphatic rings. The Kier molecular flexibility index (Phi) is 10.9. The lowest BCUT2D eigenvalue weighted by atomic mass is 10.1. The number of sulfonamides is 1. The Bertz CT molecular complexity index is 1110. The highest BCUT2D eigenvalue weighted by Gasteiger charge is 2.32. The van der Waals surface area contributed by atoms with Crippen molar-refractivity contribution >= 4 is 50.7 Å². The normalized spacial score (nSPS) is 13.1. The van der Waals surface area contributed by atoms with Gasteiger partial charge < -0.3 is 10.2 Å². The molecule has 0 aromatic heterocycles. The number of anilines is 1. The van der Waals surface area contributed by atoms with Gasteiger partial charge in [-0.3, -0.25) is 13.9 Å². The minimum atomic E-state index is -3.89. The van der Waals surface area contributed by atoms with E-state index in [4.69, 9.17) is 23.2 Å². The molecule has 2 atom stereocenters. The Morgan fingerprint density at radius 3 is 2.23 bits per heavy atom. The summed E-state index contributed by atoms with van der Waals surface area (Å²) < 4.78 is 26.3. The van der Waals surface area contributed by atoms with Crippen molar-refractivity contribution in [3.05, 3.63) is 64.1 Å². The van der Waals surface area contributed by atoms with Crippen LogP contribution in [-0.2, 0) is 26.0 Å². The maximum atomic E-state index is 13.6. The van der Waals surface area contributed by atoms with E-state index in [0.717, 1.165) is 22.5 Å². The zero-order chi connectivity index (χ0) is 26.2. The van der Waals surface area contributed by atoms with E-state index in [1.807, 2.05) is 51.1 Å². The highest BCUT2D eigenvalue weighted by molar-refractivity contribution is 7.92. The third kappa shape index (κ3) is 8.12. The summed E-state index contributed by atoms with van der Waals surface area (Å²) in [5, 5.41) is 3.15. The SMILES string of the molecule is CC[C@H](C(=O)N[C@@H](C)CC)N(CCc1ccccc1)C(=O)CN(c1cccc(Cl)c1Cl)S(C)(=O)=O. The molecule has 0 unspecified atom stereocenters. The van der Waals surface area contributed by atoms with Gasteiger partial charge in [0.1, 0.15) is 12.6 Å². The number of hydrogen-bond donors (Lipinski definition) is 1. The maximum Gasteiger partial charge on any atom is 0.244 e. The van der Waals surface area contributed by atoms with Gasteiger partial charge >= 0.3 is 0 Å². The fourth-order valence-electron chi connectivity index (χ4n) is 3.62. The monoisotopic (exact) mass is 541 g/mol. The first-order chi connectivity index (χ1) is 16.5. The number of carbonyl (C=O) groups is 2. The first-order valence-corrected chi connectivity index (χ1v) is 14.1. The van der Waals surface area contributed by atoms with Gasteiger partial charge in [-0.15, -0.1) is 0 Å². The van der Waals surface area contributed by atoms with Gasteiger partial charge in [-0.25, -0.2) is 8.42 Å². The Labute approximate surface area is 218 Å². The molecule has 0 saturated heterocycles. The molecular formula is C25H33Cl2N3O4S. The molecule has 0 bridgehead atoms. The number of nitrogens with one attached hydrogen (secondary N) is 1. The molecule has 2 rings (SSSR count). The second-order valence-corrected chi connectivity index (χ2v) is 11.1. The van der Waals surface area contributed by atoms with Crippen LogP contribution in [-0.4, -0.2) is 56.6 Å². The van der Waals surface area contributed by atoms with Crippen LogP contribution >= 0.6 is 23.2 Å². The van der Waals surface area contributed by atoms with Crippen molar-refractivity contribution in [3.8, 4) is 0 Å². The van der Waals surface area contributed by atoms with Crippen LogP contribution in [0.2, 0.25) is 10.0 Å². The van der Waals surface area contributed by atoms with Crippen LogP contribution in [0.4, 0.5) is 5.69 Å². The minimum absolute atomic E-state index is 0.0322.